The van der Waals surface area contributed by atoms with E-state index in [0.717, 1.165) is 32.5 Å². The van der Waals surface area contributed by atoms with E-state index in [9.17, 15) is 4.79 Å². The van der Waals surface area contributed by atoms with Crippen LogP contribution in [0.3, 0.4) is 0 Å². The maximum Gasteiger partial charge on any atom is 0.421 e. The number of piperidine rings is 3. The van der Waals surface area contributed by atoms with Crippen molar-refractivity contribution in [2.75, 3.05) is 24.5 Å². The molecular formula is C16H18ClN3O2. The summed E-state index contributed by atoms with van der Waals surface area (Å²) < 4.78 is 5.87. The molecule has 0 saturated carbocycles. The zero-order valence-corrected chi connectivity index (χ0v) is 12.9. The number of carbonyl (C=O) groups excluding carboxylic acids is 1. The monoisotopic (exact) mass is 319 g/mol. The Hall–Kier alpha value is -1.72. The van der Waals surface area contributed by atoms with Gasteiger partial charge in [-0.15, -0.1) is 0 Å². The molecule has 1 aromatic carbocycles. The van der Waals surface area contributed by atoms with Crippen molar-refractivity contribution >= 4 is 23.4 Å². The van der Waals surface area contributed by atoms with E-state index in [-0.39, 0.29) is 0 Å². The molecule has 1 amide bonds. The molecule has 3 saturated heterocycles. The van der Waals surface area contributed by atoms with Gasteiger partial charge in [0.15, 0.2) is 5.60 Å². The molecule has 0 aliphatic carbocycles. The molecule has 5 nitrogen and oxygen atoms in total. The lowest BCUT2D eigenvalue weighted by Crippen LogP contribution is -2.63. The lowest BCUT2D eigenvalue weighted by Gasteiger charge is -2.52. The van der Waals surface area contributed by atoms with Crippen molar-refractivity contribution in [3.8, 4) is 0 Å². The standard InChI is InChI=1S/C16H18ClN3O2/c17-12-2-1-3-13(8-12)20-14(18)9-16(22-15(20)21)10-19-6-4-11(16)5-7-19/h1-3,8-9,11H,4-7,10,18H2. The highest BCUT2D eigenvalue weighted by atomic mass is 35.5. The van der Waals surface area contributed by atoms with Crippen LogP contribution in [0.4, 0.5) is 10.5 Å². The fraction of sp³-hybridized carbons (Fsp3) is 0.438. The Balaban J connectivity index is 1.71. The van der Waals surface area contributed by atoms with Gasteiger partial charge in [-0.3, -0.25) is 4.90 Å². The van der Waals surface area contributed by atoms with Crippen LogP contribution in [0, 0.1) is 5.92 Å². The van der Waals surface area contributed by atoms with Crippen LogP contribution < -0.4 is 10.6 Å². The van der Waals surface area contributed by atoms with Crippen LogP contribution in [0.2, 0.25) is 5.02 Å². The van der Waals surface area contributed by atoms with Gasteiger partial charge in [0.1, 0.15) is 5.82 Å². The van der Waals surface area contributed by atoms with Gasteiger partial charge in [0.2, 0.25) is 0 Å². The third kappa shape index (κ3) is 2.08. The van der Waals surface area contributed by atoms with Crippen LogP contribution in [0.15, 0.2) is 36.2 Å². The highest BCUT2D eigenvalue weighted by molar-refractivity contribution is 6.30. The molecule has 2 bridgehead atoms. The van der Waals surface area contributed by atoms with Crippen LogP contribution in [0.25, 0.3) is 0 Å². The number of amides is 1. The van der Waals surface area contributed by atoms with Gasteiger partial charge < -0.3 is 10.5 Å². The van der Waals surface area contributed by atoms with E-state index < -0.39 is 11.7 Å². The van der Waals surface area contributed by atoms with Gasteiger partial charge in [-0.1, -0.05) is 17.7 Å². The van der Waals surface area contributed by atoms with Gasteiger partial charge in [0.25, 0.3) is 0 Å². The van der Waals surface area contributed by atoms with E-state index in [1.165, 1.54) is 4.90 Å². The second-order valence-electron chi connectivity index (χ2n) is 6.26. The molecule has 116 valence electrons. The number of rotatable bonds is 1. The number of hydrogen-bond donors (Lipinski definition) is 1. The number of nitrogens with zero attached hydrogens (tertiary/aromatic N) is 2. The fourth-order valence-corrected chi connectivity index (χ4v) is 4.05. The Morgan fingerprint density at radius 1 is 1.32 bits per heavy atom. The summed E-state index contributed by atoms with van der Waals surface area (Å²) in [6, 6.07) is 7.05. The van der Waals surface area contributed by atoms with Crippen LogP contribution in [0.1, 0.15) is 12.8 Å². The van der Waals surface area contributed by atoms with Crippen molar-refractivity contribution in [1.82, 2.24) is 4.90 Å². The zero-order chi connectivity index (χ0) is 15.3. The third-order valence-corrected chi connectivity index (χ3v) is 5.16. The highest BCUT2D eigenvalue weighted by Crippen LogP contribution is 2.42. The molecule has 4 heterocycles. The molecule has 5 rings (SSSR count). The predicted molar refractivity (Wildman–Crippen MR) is 84.6 cm³/mol. The molecule has 4 aliphatic heterocycles. The third-order valence-electron chi connectivity index (χ3n) is 4.93. The minimum Gasteiger partial charge on any atom is -0.436 e. The smallest absolute Gasteiger partial charge is 0.421 e. The molecule has 0 aromatic heterocycles. The van der Waals surface area contributed by atoms with E-state index in [4.69, 9.17) is 22.1 Å². The first-order valence-corrected chi connectivity index (χ1v) is 7.94. The van der Waals surface area contributed by atoms with E-state index >= 15 is 0 Å². The maximum absolute atomic E-state index is 12.6. The summed E-state index contributed by atoms with van der Waals surface area (Å²) in [7, 11) is 0. The summed E-state index contributed by atoms with van der Waals surface area (Å²) in [6.07, 6.45) is 3.60. The average molecular weight is 320 g/mol. The second kappa shape index (κ2) is 4.89. The summed E-state index contributed by atoms with van der Waals surface area (Å²) in [5, 5.41) is 0.557. The van der Waals surface area contributed by atoms with Crippen molar-refractivity contribution in [3.63, 3.8) is 0 Å². The molecule has 3 fully saturated rings. The van der Waals surface area contributed by atoms with Gasteiger partial charge in [-0.05, 0) is 44.1 Å². The Labute approximate surface area is 134 Å². The SMILES string of the molecule is NC1=CC2(CN3CCC2CC3)OC(=O)N1c1cccc(Cl)c1. The van der Waals surface area contributed by atoms with Crippen LogP contribution in [-0.2, 0) is 4.74 Å². The minimum absolute atomic E-state index is 0.363. The number of ether oxygens (including phenoxy) is 1. The number of nitrogens with two attached hydrogens (primary N) is 1. The minimum atomic E-state index is -0.563. The first-order valence-electron chi connectivity index (χ1n) is 7.57. The van der Waals surface area contributed by atoms with Crippen molar-refractivity contribution < 1.29 is 9.53 Å². The number of benzene rings is 1. The summed E-state index contributed by atoms with van der Waals surface area (Å²) in [5.41, 5.74) is 6.28. The van der Waals surface area contributed by atoms with Crippen molar-refractivity contribution in [1.29, 1.82) is 0 Å². The molecule has 4 aliphatic rings. The molecule has 2 N–H and O–H groups in total. The number of anilines is 1. The van der Waals surface area contributed by atoms with Gasteiger partial charge in [0.05, 0.1) is 5.69 Å². The van der Waals surface area contributed by atoms with Crippen molar-refractivity contribution in [2.24, 2.45) is 11.7 Å². The Morgan fingerprint density at radius 3 is 2.68 bits per heavy atom. The second-order valence-corrected chi connectivity index (χ2v) is 6.69. The van der Waals surface area contributed by atoms with Crippen LogP contribution in [-0.4, -0.2) is 36.2 Å². The Morgan fingerprint density at radius 2 is 2.09 bits per heavy atom. The van der Waals surface area contributed by atoms with Gasteiger partial charge in [-0.25, -0.2) is 9.69 Å². The largest absolute Gasteiger partial charge is 0.436 e. The summed E-state index contributed by atoms with van der Waals surface area (Å²) in [5.74, 6) is 0.786. The molecule has 0 radical (unpaired) electrons. The summed E-state index contributed by atoms with van der Waals surface area (Å²) in [6.45, 7) is 2.90. The fourth-order valence-electron chi connectivity index (χ4n) is 3.87. The van der Waals surface area contributed by atoms with Crippen LogP contribution in [0.5, 0.6) is 0 Å². The van der Waals surface area contributed by atoms with Gasteiger partial charge in [0, 0.05) is 23.6 Å². The maximum atomic E-state index is 12.6. The highest BCUT2D eigenvalue weighted by Gasteiger charge is 2.51. The molecule has 1 aromatic rings. The molecule has 22 heavy (non-hydrogen) atoms. The number of carbonyl (C=O) groups is 1. The summed E-state index contributed by atoms with van der Waals surface area (Å²) >= 11 is 6.01. The molecule has 1 unspecified atom stereocenters. The van der Waals surface area contributed by atoms with Gasteiger partial charge in [-0.2, -0.15) is 0 Å². The van der Waals surface area contributed by atoms with E-state index in [1.54, 1.807) is 24.3 Å². The lowest BCUT2D eigenvalue weighted by molar-refractivity contribution is -0.0860. The van der Waals surface area contributed by atoms with Crippen molar-refractivity contribution in [2.45, 2.75) is 18.4 Å². The normalized spacial score (nSPS) is 33.8. The van der Waals surface area contributed by atoms with Gasteiger partial charge >= 0.3 is 6.09 Å². The van der Waals surface area contributed by atoms with E-state index in [1.807, 2.05) is 6.08 Å². The average Bonchev–Trinajstić information content (AvgIpc) is 2.47. The first-order chi connectivity index (χ1) is 10.6. The van der Waals surface area contributed by atoms with E-state index in [0.29, 0.717) is 22.4 Å². The quantitative estimate of drug-likeness (QED) is 0.864. The Bertz CT molecular complexity index is 655. The number of hydrogen-bond acceptors (Lipinski definition) is 4. The molecule has 1 atom stereocenters. The van der Waals surface area contributed by atoms with Crippen LogP contribution >= 0.6 is 11.6 Å². The molecular weight excluding hydrogens is 302 g/mol. The first kappa shape index (κ1) is 13.9. The number of fused-ring (bicyclic) bond motifs is 2. The summed E-state index contributed by atoms with van der Waals surface area (Å²) in [4.78, 5) is 16.3. The molecule has 1 spiro atoms. The number of halogens is 1. The van der Waals surface area contributed by atoms with E-state index in [2.05, 4.69) is 4.90 Å². The predicted octanol–water partition coefficient (Wildman–Crippen LogP) is 2.56. The topological polar surface area (TPSA) is 58.8 Å². The Kier molecular flexibility index (Phi) is 3.09. The zero-order valence-electron chi connectivity index (χ0n) is 12.2. The lowest BCUT2D eigenvalue weighted by atomic mass is 9.74. The van der Waals surface area contributed by atoms with Crippen molar-refractivity contribution in [3.05, 3.63) is 41.2 Å². The molecule has 6 heteroatoms.